The van der Waals surface area contributed by atoms with E-state index in [1.54, 1.807) is 0 Å². The molecule has 68 valence electrons. The van der Waals surface area contributed by atoms with Gasteiger partial charge in [-0.25, -0.2) is 9.97 Å². The lowest BCUT2D eigenvalue weighted by molar-refractivity contribution is 0.819. The highest BCUT2D eigenvalue weighted by Gasteiger charge is 2.00. The van der Waals surface area contributed by atoms with E-state index in [1.165, 1.54) is 6.33 Å². The van der Waals surface area contributed by atoms with Gasteiger partial charge in [0.05, 0.1) is 0 Å². The molecule has 0 saturated heterocycles. The Labute approximate surface area is 86.1 Å². The maximum Gasteiger partial charge on any atom is 0.130 e. The molecule has 1 atom stereocenters. The van der Waals surface area contributed by atoms with Crippen LogP contribution in [0.1, 0.15) is 13.3 Å². The van der Waals surface area contributed by atoms with Gasteiger partial charge in [-0.1, -0.05) is 0 Å². The van der Waals surface area contributed by atoms with Crippen molar-refractivity contribution in [3.8, 4) is 12.3 Å². The van der Waals surface area contributed by atoms with Crippen LogP contribution >= 0.6 is 15.9 Å². The fraction of sp³-hybridized carbons (Fsp3) is 0.333. The number of nitrogens with zero attached hydrogens (tertiary/aromatic N) is 2. The molecule has 13 heavy (non-hydrogen) atoms. The molecule has 0 radical (unpaired) electrons. The lowest BCUT2D eigenvalue weighted by atomic mass is 10.2. The van der Waals surface area contributed by atoms with E-state index in [0.717, 1.165) is 10.4 Å². The minimum Gasteiger partial charge on any atom is -0.367 e. The summed E-state index contributed by atoms with van der Waals surface area (Å²) in [7, 11) is 0. The second-order valence-electron chi connectivity index (χ2n) is 2.68. The molecule has 1 aromatic heterocycles. The van der Waals surface area contributed by atoms with E-state index in [1.807, 2.05) is 13.0 Å². The second kappa shape index (κ2) is 4.83. The van der Waals surface area contributed by atoms with E-state index in [4.69, 9.17) is 6.42 Å². The van der Waals surface area contributed by atoms with Gasteiger partial charge in [0.25, 0.3) is 0 Å². The average Bonchev–Trinajstić information content (AvgIpc) is 2.04. The zero-order chi connectivity index (χ0) is 9.68. The number of nitrogens with one attached hydrogen (secondary N) is 1. The Morgan fingerprint density at radius 2 is 2.46 bits per heavy atom. The lowest BCUT2D eigenvalue weighted by Gasteiger charge is -2.10. The standard InChI is InChI=1S/C9H10BrN3/c1-3-4-7(2)13-9-5-8(10)11-6-12-9/h1,5-7H,4H2,2H3,(H,11,12,13). The number of halogens is 1. The normalized spacial score (nSPS) is 11.8. The van der Waals surface area contributed by atoms with E-state index >= 15 is 0 Å². The first kappa shape index (κ1) is 10.0. The minimum atomic E-state index is 0.229. The van der Waals surface area contributed by atoms with Gasteiger partial charge in [-0.2, -0.15) is 0 Å². The van der Waals surface area contributed by atoms with Crippen LogP contribution in [0, 0.1) is 12.3 Å². The van der Waals surface area contributed by atoms with Crippen LogP contribution in [-0.2, 0) is 0 Å². The lowest BCUT2D eigenvalue weighted by Crippen LogP contribution is -2.14. The van der Waals surface area contributed by atoms with Crippen LogP contribution in [0.25, 0.3) is 0 Å². The molecule has 3 nitrogen and oxygen atoms in total. The molecule has 1 rings (SSSR count). The van der Waals surface area contributed by atoms with E-state index in [-0.39, 0.29) is 6.04 Å². The predicted molar refractivity (Wildman–Crippen MR) is 56.3 cm³/mol. The van der Waals surface area contributed by atoms with Crippen LogP contribution < -0.4 is 5.32 Å². The summed E-state index contributed by atoms with van der Waals surface area (Å²) >= 11 is 3.26. The summed E-state index contributed by atoms with van der Waals surface area (Å²) < 4.78 is 0.762. The van der Waals surface area contributed by atoms with Crippen molar-refractivity contribution >= 4 is 21.7 Å². The first-order valence-electron chi connectivity index (χ1n) is 3.90. The number of terminal acetylenes is 1. The van der Waals surface area contributed by atoms with Crippen molar-refractivity contribution in [2.24, 2.45) is 0 Å². The van der Waals surface area contributed by atoms with Gasteiger partial charge >= 0.3 is 0 Å². The Kier molecular flexibility index (Phi) is 3.71. The van der Waals surface area contributed by atoms with Gasteiger partial charge in [0.15, 0.2) is 0 Å². The first-order valence-corrected chi connectivity index (χ1v) is 4.69. The monoisotopic (exact) mass is 239 g/mol. The molecule has 0 saturated carbocycles. The maximum atomic E-state index is 5.18. The highest BCUT2D eigenvalue weighted by atomic mass is 79.9. The van der Waals surface area contributed by atoms with E-state index in [9.17, 15) is 0 Å². The molecule has 4 heteroatoms. The van der Waals surface area contributed by atoms with Gasteiger partial charge < -0.3 is 5.32 Å². The summed E-state index contributed by atoms with van der Waals surface area (Å²) in [5.74, 6) is 3.37. The van der Waals surface area contributed by atoms with Crippen molar-refractivity contribution in [1.29, 1.82) is 0 Å². The van der Waals surface area contributed by atoms with Crippen LogP contribution in [-0.4, -0.2) is 16.0 Å². The van der Waals surface area contributed by atoms with E-state index in [0.29, 0.717) is 6.42 Å². The van der Waals surface area contributed by atoms with Crippen LogP contribution in [0.2, 0.25) is 0 Å². The largest absolute Gasteiger partial charge is 0.367 e. The SMILES string of the molecule is C#CCC(C)Nc1cc(Br)ncn1. The van der Waals surface area contributed by atoms with Crippen molar-refractivity contribution < 1.29 is 0 Å². The third kappa shape index (κ3) is 3.43. The number of hydrogen-bond acceptors (Lipinski definition) is 3. The van der Waals surface area contributed by atoms with Gasteiger partial charge in [0.2, 0.25) is 0 Å². The van der Waals surface area contributed by atoms with Crippen molar-refractivity contribution in [2.45, 2.75) is 19.4 Å². The zero-order valence-electron chi connectivity index (χ0n) is 7.29. The van der Waals surface area contributed by atoms with Gasteiger partial charge in [0, 0.05) is 18.5 Å². The molecule has 1 unspecified atom stereocenters. The molecular formula is C9H10BrN3. The molecule has 0 fully saturated rings. The van der Waals surface area contributed by atoms with Crippen LogP contribution in [0.4, 0.5) is 5.82 Å². The number of rotatable bonds is 3. The fourth-order valence-electron chi connectivity index (χ4n) is 0.893. The number of aromatic nitrogens is 2. The second-order valence-corrected chi connectivity index (χ2v) is 3.49. The Balaban J connectivity index is 2.59. The quantitative estimate of drug-likeness (QED) is 0.649. The molecule has 0 bridgehead atoms. The van der Waals surface area contributed by atoms with E-state index in [2.05, 4.69) is 37.1 Å². The Hall–Kier alpha value is -1.08. The van der Waals surface area contributed by atoms with Crippen molar-refractivity contribution in [1.82, 2.24) is 9.97 Å². The molecule has 1 N–H and O–H groups in total. The Morgan fingerprint density at radius 3 is 3.08 bits per heavy atom. The zero-order valence-corrected chi connectivity index (χ0v) is 8.87. The average molecular weight is 240 g/mol. The summed E-state index contributed by atoms with van der Waals surface area (Å²) in [5, 5.41) is 3.16. The highest BCUT2D eigenvalue weighted by molar-refractivity contribution is 9.10. The summed E-state index contributed by atoms with van der Waals surface area (Å²) in [6.07, 6.45) is 7.36. The number of hydrogen-bond donors (Lipinski definition) is 1. The summed E-state index contributed by atoms with van der Waals surface area (Å²) in [6, 6.07) is 2.04. The topological polar surface area (TPSA) is 37.8 Å². The van der Waals surface area contributed by atoms with Crippen molar-refractivity contribution in [3.63, 3.8) is 0 Å². The van der Waals surface area contributed by atoms with Crippen LogP contribution in [0.15, 0.2) is 17.0 Å². The molecule has 0 aliphatic carbocycles. The third-order valence-electron chi connectivity index (χ3n) is 1.45. The fourth-order valence-corrected chi connectivity index (χ4v) is 1.20. The molecule has 0 aromatic carbocycles. The van der Waals surface area contributed by atoms with Gasteiger partial charge in [0.1, 0.15) is 16.7 Å². The Morgan fingerprint density at radius 1 is 1.69 bits per heavy atom. The Bertz CT molecular complexity index is 319. The van der Waals surface area contributed by atoms with Crippen LogP contribution in [0.5, 0.6) is 0 Å². The van der Waals surface area contributed by atoms with Crippen molar-refractivity contribution in [2.75, 3.05) is 5.32 Å². The molecular weight excluding hydrogens is 230 g/mol. The molecule has 1 aromatic rings. The smallest absolute Gasteiger partial charge is 0.130 e. The van der Waals surface area contributed by atoms with E-state index < -0.39 is 0 Å². The third-order valence-corrected chi connectivity index (χ3v) is 1.89. The van der Waals surface area contributed by atoms with Gasteiger partial charge in [-0.15, -0.1) is 12.3 Å². The first-order chi connectivity index (χ1) is 6.22. The predicted octanol–water partition coefficient (Wildman–Crippen LogP) is 2.06. The highest BCUT2D eigenvalue weighted by Crippen LogP contribution is 2.10. The molecule has 0 aliphatic heterocycles. The summed E-state index contributed by atoms with van der Waals surface area (Å²) in [6.45, 7) is 2.01. The van der Waals surface area contributed by atoms with Gasteiger partial charge in [-0.05, 0) is 22.9 Å². The molecule has 0 amide bonds. The van der Waals surface area contributed by atoms with Crippen molar-refractivity contribution in [3.05, 3.63) is 17.0 Å². The van der Waals surface area contributed by atoms with Crippen LogP contribution in [0.3, 0.4) is 0 Å². The molecule has 0 spiro atoms. The summed E-state index contributed by atoms with van der Waals surface area (Å²) in [5.41, 5.74) is 0. The maximum absolute atomic E-state index is 5.18. The van der Waals surface area contributed by atoms with Gasteiger partial charge in [-0.3, -0.25) is 0 Å². The molecule has 1 heterocycles. The number of anilines is 1. The minimum absolute atomic E-state index is 0.229. The molecule has 0 aliphatic rings. The summed E-state index contributed by atoms with van der Waals surface area (Å²) in [4.78, 5) is 7.96.